The van der Waals surface area contributed by atoms with Gasteiger partial charge >= 0.3 is 0 Å². The van der Waals surface area contributed by atoms with Crippen molar-refractivity contribution in [1.82, 2.24) is 9.62 Å². The van der Waals surface area contributed by atoms with E-state index in [-0.39, 0.29) is 0 Å². The van der Waals surface area contributed by atoms with Crippen LogP contribution in [-0.4, -0.2) is 44.7 Å². The zero-order valence-electron chi connectivity index (χ0n) is 9.99. The summed E-state index contributed by atoms with van der Waals surface area (Å²) in [4.78, 5) is 0. The fraction of sp³-hybridized carbons (Fsp3) is 0.818. The fourth-order valence-electron chi connectivity index (χ4n) is 1.86. The van der Waals surface area contributed by atoms with Crippen molar-refractivity contribution in [3.8, 4) is 11.8 Å². The molecule has 92 valence electrons. The molecule has 0 amide bonds. The van der Waals surface area contributed by atoms with Gasteiger partial charge in [-0.15, -0.1) is 11.8 Å². The first-order valence-electron chi connectivity index (χ1n) is 5.62. The predicted octanol–water partition coefficient (Wildman–Crippen LogP) is 0.413. The average Bonchev–Trinajstić information content (AvgIpc) is 2.24. The van der Waals surface area contributed by atoms with Gasteiger partial charge in [0, 0.05) is 32.1 Å². The van der Waals surface area contributed by atoms with Gasteiger partial charge in [-0.05, 0) is 19.8 Å². The smallest absolute Gasteiger partial charge is 0.211 e. The lowest BCUT2D eigenvalue weighted by molar-refractivity contribution is 0.292. The molecule has 0 bridgehead atoms. The van der Waals surface area contributed by atoms with E-state index in [1.807, 2.05) is 6.92 Å². The molecule has 0 atom stereocenters. The minimum absolute atomic E-state index is 0.441. The third-order valence-corrected chi connectivity index (χ3v) is 4.09. The van der Waals surface area contributed by atoms with Crippen LogP contribution in [0.3, 0.4) is 0 Å². The maximum atomic E-state index is 11.3. The molecule has 0 aromatic carbocycles. The molecule has 0 saturated carbocycles. The van der Waals surface area contributed by atoms with E-state index in [1.165, 1.54) is 6.26 Å². The van der Waals surface area contributed by atoms with Crippen molar-refractivity contribution in [2.75, 3.05) is 25.9 Å². The highest BCUT2D eigenvalue weighted by Crippen LogP contribution is 2.12. The Bertz CT molecular complexity index is 359. The van der Waals surface area contributed by atoms with Crippen molar-refractivity contribution >= 4 is 10.0 Å². The largest absolute Gasteiger partial charge is 0.313 e. The molecule has 0 unspecified atom stereocenters. The summed E-state index contributed by atoms with van der Waals surface area (Å²) in [5.41, 5.74) is 0. The van der Waals surface area contributed by atoms with Crippen molar-refractivity contribution in [3.63, 3.8) is 0 Å². The highest BCUT2D eigenvalue weighted by molar-refractivity contribution is 7.88. The quantitative estimate of drug-likeness (QED) is 0.576. The SMILES string of the molecule is CC#CCCNC1CCN(S(C)(=O)=O)CC1. The Morgan fingerprint density at radius 2 is 2.00 bits per heavy atom. The number of piperidine rings is 1. The van der Waals surface area contributed by atoms with Crippen LogP contribution in [0, 0.1) is 11.8 Å². The third kappa shape index (κ3) is 4.52. The molecule has 0 aliphatic carbocycles. The van der Waals surface area contributed by atoms with Gasteiger partial charge in [0.15, 0.2) is 0 Å². The van der Waals surface area contributed by atoms with Gasteiger partial charge in [0.05, 0.1) is 6.26 Å². The zero-order chi connectivity index (χ0) is 12.0. The number of nitrogens with one attached hydrogen (secondary N) is 1. The molecule has 1 fully saturated rings. The summed E-state index contributed by atoms with van der Waals surface area (Å²) in [7, 11) is -3.00. The minimum Gasteiger partial charge on any atom is -0.313 e. The van der Waals surface area contributed by atoms with Crippen LogP contribution in [0.5, 0.6) is 0 Å². The summed E-state index contributed by atoms with van der Waals surface area (Å²) < 4.78 is 24.1. The molecule has 0 aromatic rings. The second-order valence-electron chi connectivity index (χ2n) is 4.07. The molecular weight excluding hydrogens is 224 g/mol. The Morgan fingerprint density at radius 3 is 2.50 bits per heavy atom. The summed E-state index contributed by atoms with van der Waals surface area (Å²) >= 11 is 0. The first-order chi connectivity index (χ1) is 7.54. The Labute approximate surface area is 98.5 Å². The predicted molar refractivity (Wildman–Crippen MR) is 65.5 cm³/mol. The Hall–Kier alpha value is -0.570. The molecule has 0 radical (unpaired) electrons. The Balaban J connectivity index is 2.24. The fourth-order valence-corrected chi connectivity index (χ4v) is 2.73. The number of hydrogen-bond donors (Lipinski definition) is 1. The van der Waals surface area contributed by atoms with Gasteiger partial charge in [-0.1, -0.05) is 0 Å². The molecule has 1 heterocycles. The van der Waals surface area contributed by atoms with Crippen molar-refractivity contribution in [3.05, 3.63) is 0 Å². The number of hydrogen-bond acceptors (Lipinski definition) is 3. The van der Waals surface area contributed by atoms with Crippen LogP contribution >= 0.6 is 0 Å². The van der Waals surface area contributed by atoms with Crippen LogP contribution in [-0.2, 0) is 10.0 Å². The summed E-state index contributed by atoms with van der Waals surface area (Å²) in [5.74, 6) is 5.86. The monoisotopic (exact) mass is 244 g/mol. The van der Waals surface area contributed by atoms with E-state index in [2.05, 4.69) is 17.2 Å². The number of nitrogens with zero attached hydrogens (tertiary/aromatic N) is 1. The van der Waals surface area contributed by atoms with E-state index in [0.29, 0.717) is 19.1 Å². The molecule has 1 aliphatic heterocycles. The van der Waals surface area contributed by atoms with Crippen molar-refractivity contribution in [2.45, 2.75) is 32.2 Å². The van der Waals surface area contributed by atoms with Crippen LogP contribution in [0.25, 0.3) is 0 Å². The molecular formula is C11H20N2O2S. The topological polar surface area (TPSA) is 49.4 Å². The molecule has 5 heteroatoms. The summed E-state index contributed by atoms with van der Waals surface area (Å²) in [6.45, 7) is 4.00. The van der Waals surface area contributed by atoms with Gasteiger partial charge < -0.3 is 5.32 Å². The first kappa shape index (κ1) is 13.5. The molecule has 0 aromatic heterocycles. The second-order valence-corrected chi connectivity index (χ2v) is 6.05. The molecule has 1 aliphatic rings. The molecule has 0 spiro atoms. The molecule has 1 rings (SSSR count). The lowest BCUT2D eigenvalue weighted by Crippen LogP contribution is -2.44. The van der Waals surface area contributed by atoms with Crippen molar-refractivity contribution < 1.29 is 8.42 Å². The van der Waals surface area contributed by atoms with Crippen molar-refractivity contribution in [1.29, 1.82) is 0 Å². The first-order valence-corrected chi connectivity index (χ1v) is 7.47. The molecule has 1 N–H and O–H groups in total. The van der Waals surface area contributed by atoms with Crippen LogP contribution in [0.2, 0.25) is 0 Å². The van der Waals surface area contributed by atoms with Crippen molar-refractivity contribution in [2.24, 2.45) is 0 Å². The van der Waals surface area contributed by atoms with Crippen LogP contribution in [0.4, 0.5) is 0 Å². The van der Waals surface area contributed by atoms with E-state index in [9.17, 15) is 8.42 Å². The van der Waals surface area contributed by atoms with Crippen LogP contribution < -0.4 is 5.32 Å². The van der Waals surface area contributed by atoms with Gasteiger partial charge in [0.2, 0.25) is 10.0 Å². The van der Waals surface area contributed by atoms with Gasteiger partial charge in [-0.25, -0.2) is 12.7 Å². The van der Waals surface area contributed by atoms with Gasteiger partial charge in [-0.3, -0.25) is 0 Å². The van der Waals surface area contributed by atoms with Crippen LogP contribution in [0.1, 0.15) is 26.2 Å². The maximum Gasteiger partial charge on any atom is 0.211 e. The Kier molecular flexibility index (Phi) is 5.26. The molecule has 1 saturated heterocycles. The van der Waals surface area contributed by atoms with Gasteiger partial charge in [0.25, 0.3) is 0 Å². The second kappa shape index (κ2) is 6.24. The molecule has 16 heavy (non-hydrogen) atoms. The lowest BCUT2D eigenvalue weighted by Gasteiger charge is -2.30. The van der Waals surface area contributed by atoms with E-state index < -0.39 is 10.0 Å². The summed E-state index contributed by atoms with van der Waals surface area (Å²) in [5, 5.41) is 3.40. The summed E-state index contributed by atoms with van der Waals surface area (Å²) in [6.07, 6.45) is 3.93. The average molecular weight is 244 g/mol. The molecule has 4 nitrogen and oxygen atoms in total. The van der Waals surface area contributed by atoms with Gasteiger partial charge in [-0.2, -0.15) is 0 Å². The van der Waals surface area contributed by atoms with E-state index >= 15 is 0 Å². The Morgan fingerprint density at radius 1 is 1.38 bits per heavy atom. The highest BCUT2D eigenvalue weighted by Gasteiger charge is 2.24. The van der Waals surface area contributed by atoms with Crippen LogP contribution in [0.15, 0.2) is 0 Å². The third-order valence-electron chi connectivity index (χ3n) is 2.78. The normalized spacial score (nSPS) is 19.1. The number of sulfonamides is 1. The standard InChI is InChI=1S/C11H20N2O2S/c1-3-4-5-8-12-11-6-9-13(10-7-11)16(2,14)15/h11-12H,5-10H2,1-2H3. The zero-order valence-corrected chi connectivity index (χ0v) is 10.8. The van der Waals surface area contributed by atoms with E-state index in [4.69, 9.17) is 0 Å². The van der Waals surface area contributed by atoms with E-state index in [1.54, 1.807) is 4.31 Å². The maximum absolute atomic E-state index is 11.3. The van der Waals surface area contributed by atoms with E-state index in [0.717, 1.165) is 25.8 Å². The summed E-state index contributed by atoms with van der Waals surface area (Å²) in [6, 6.07) is 0.441. The minimum atomic E-state index is -3.00. The lowest BCUT2D eigenvalue weighted by atomic mass is 10.1. The highest BCUT2D eigenvalue weighted by atomic mass is 32.2. The number of rotatable bonds is 4. The van der Waals surface area contributed by atoms with Gasteiger partial charge in [0.1, 0.15) is 0 Å².